The minimum absolute atomic E-state index is 0.0613. The Morgan fingerprint density at radius 1 is 1.27 bits per heavy atom. The predicted octanol–water partition coefficient (Wildman–Crippen LogP) is 0.930. The lowest BCUT2D eigenvalue weighted by atomic mass is 10.2. The number of allylic oxidation sites excluding steroid dienone is 1. The molecule has 2 nitrogen and oxygen atoms in total. The molecule has 2 heteroatoms. The molecule has 0 aromatic carbocycles. The van der Waals surface area contributed by atoms with Crippen LogP contribution in [0.1, 0.15) is 25.7 Å². The smallest absolute Gasteiger partial charge is 0.120 e. The van der Waals surface area contributed by atoms with Crippen LogP contribution in [-0.2, 0) is 4.79 Å². The van der Waals surface area contributed by atoms with Crippen LogP contribution >= 0.6 is 0 Å². The standard InChI is InChI=1S/C9H12O2/c10-8-6-4-2-1-3-5-7-9-11/h6,11H,1-4,9H2. The summed E-state index contributed by atoms with van der Waals surface area (Å²) < 4.78 is 0. The van der Waals surface area contributed by atoms with E-state index in [9.17, 15) is 4.79 Å². The van der Waals surface area contributed by atoms with E-state index in [0.29, 0.717) is 0 Å². The summed E-state index contributed by atoms with van der Waals surface area (Å²) in [5.74, 6) is 7.08. The van der Waals surface area contributed by atoms with Gasteiger partial charge >= 0.3 is 0 Å². The maximum Gasteiger partial charge on any atom is 0.120 e. The van der Waals surface area contributed by atoms with E-state index in [1.807, 2.05) is 0 Å². The average molecular weight is 152 g/mol. The summed E-state index contributed by atoms with van der Waals surface area (Å²) in [6.45, 7) is -0.0613. The third-order valence-electron chi connectivity index (χ3n) is 1.19. The van der Waals surface area contributed by atoms with Crippen LogP contribution in [-0.4, -0.2) is 17.7 Å². The number of unbranched alkanes of at least 4 members (excludes halogenated alkanes) is 3. The Kier molecular flexibility index (Phi) is 8.13. The van der Waals surface area contributed by atoms with Gasteiger partial charge in [-0.1, -0.05) is 5.92 Å². The van der Waals surface area contributed by atoms with Crippen LogP contribution in [0.4, 0.5) is 0 Å². The lowest BCUT2D eigenvalue weighted by Gasteiger charge is -1.87. The van der Waals surface area contributed by atoms with E-state index in [-0.39, 0.29) is 6.61 Å². The average Bonchev–Trinajstić information content (AvgIpc) is 2.03. The molecule has 0 bridgehead atoms. The molecule has 0 amide bonds. The topological polar surface area (TPSA) is 37.3 Å². The van der Waals surface area contributed by atoms with Crippen LogP contribution < -0.4 is 0 Å². The Balaban J connectivity index is 3.08. The monoisotopic (exact) mass is 152 g/mol. The van der Waals surface area contributed by atoms with Crippen LogP contribution in [0.2, 0.25) is 0 Å². The van der Waals surface area contributed by atoms with Crippen molar-refractivity contribution in [1.29, 1.82) is 0 Å². The molecule has 60 valence electrons. The maximum absolute atomic E-state index is 9.70. The highest BCUT2D eigenvalue weighted by molar-refractivity contribution is 5.44. The first-order chi connectivity index (χ1) is 5.41. The summed E-state index contributed by atoms with van der Waals surface area (Å²) in [4.78, 5) is 9.70. The van der Waals surface area contributed by atoms with Crippen molar-refractivity contribution in [2.45, 2.75) is 25.7 Å². The maximum atomic E-state index is 9.70. The quantitative estimate of drug-likeness (QED) is 0.369. The first-order valence-corrected chi connectivity index (χ1v) is 3.67. The van der Waals surface area contributed by atoms with Crippen LogP contribution in [0.15, 0.2) is 6.08 Å². The Hall–Kier alpha value is -1.03. The minimum atomic E-state index is -0.0613. The third kappa shape index (κ3) is 8.97. The number of aliphatic hydroxyl groups excluding tert-OH is 1. The Morgan fingerprint density at radius 3 is 2.73 bits per heavy atom. The molecule has 0 fully saturated rings. The molecule has 0 aliphatic heterocycles. The van der Waals surface area contributed by atoms with E-state index in [1.165, 1.54) is 6.08 Å². The molecular weight excluding hydrogens is 140 g/mol. The number of hydrogen-bond acceptors (Lipinski definition) is 2. The van der Waals surface area contributed by atoms with E-state index in [1.54, 1.807) is 5.94 Å². The van der Waals surface area contributed by atoms with Crippen LogP contribution in [0.25, 0.3) is 0 Å². The number of carbonyl (C=O) groups excluding carboxylic acids is 1. The second kappa shape index (κ2) is 8.97. The van der Waals surface area contributed by atoms with Gasteiger partial charge in [-0.15, -0.1) is 5.92 Å². The van der Waals surface area contributed by atoms with E-state index < -0.39 is 0 Å². The molecule has 0 saturated carbocycles. The lowest BCUT2D eigenvalue weighted by molar-refractivity contribution is 0.350. The molecule has 0 rings (SSSR count). The zero-order chi connectivity index (χ0) is 8.36. The van der Waals surface area contributed by atoms with E-state index >= 15 is 0 Å². The fourth-order valence-electron chi connectivity index (χ4n) is 0.663. The van der Waals surface area contributed by atoms with Crippen molar-refractivity contribution in [1.82, 2.24) is 0 Å². The van der Waals surface area contributed by atoms with Crippen molar-refractivity contribution in [2.75, 3.05) is 6.61 Å². The fourth-order valence-corrected chi connectivity index (χ4v) is 0.663. The van der Waals surface area contributed by atoms with Crippen molar-refractivity contribution in [2.24, 2.45) is 0 Å². The van der Waals surface area contributed by atoms with Gasteiger partial charge in [-0.2, -0.15) is 0 Å². The van der Waals surface area contributed by atoms with E-state index in [4.69, 9.17) is 5.11 Å². The summed E-state index contributed by atoms with van der Waals surface area (Å²) in [5.41, 5.74) is 0. The fraction of sp³-hybridized carbons (Fsp3) is 0.556. The van der Waals surface area contributed by atoms with Crippen LogP contribution in [0, 0.1) is 11.8 Å². The molecule has 1 N–H and O–H groups in total. The second-order valence-electron chi connectivity index (χ2n) is 2.08. The molecule has 0 aliphatic rings. The van der Waals surface area contributed by atoms with Gasteiger partial charge in [-0.25, -0.2) is 4.79 Å². The van der Waals surface area contributed by atoms with Crippen LogP contribution in [0.3, 0.4) is 0 Å². The predicted molar refractivity (Wildman–Crippen MR) is 43.6 cm³/mol. The first kappa shape index (κ1) is 9.97. The summed E-state index contributed by atoms with van der Waals surface area (Å²) in [5, 5.41) is 8.28. The summed E-state index contributed by atoms with van der Waals surface area (Å²) in [6.07, 6.45) is 5.01. The molecular formula is C9H12O2. The molecule has 0 aromatic heterocycles. The van der Waals surface area contributed by atoms with Crippen molar-refractivity contribution in [3.63, 3.8) is 0 Å². The van der Waals surface area contributed by atoms with Crippen molar-refractivity contribution in [3.05, 3.63) is 6.08 Å². The molecule has 0 atom stereocenters. The Morgan fingerprint density at radius 2 is 2.09 bits per heavy atom. The second-order valence-corrected chi connectivity index (χ2v) is 2.08. The highest BCUT2D eigenvalue weighted by Gasteiger charge is 1.82. The van der Waals surface area contributed by atoms with Crippen molar-refractivity contribution < 1.29 is 9.90 Å². The SMILES string of the molecule is O=C=CCCCCC#CCO. The molecule has 0 aromatic rings. The van der Waals surface area contributed by atoms with Gasteiger partial charge in [-0.05, 0) is 25.3 Å². The van der Waals surface area contributed by atoms with Crippen LogP contribution in [0.5, 0.6) is 0 Å². The molecule has 11 heavy (non-hydrogen) atoms. The molecule has 0 saturated heterocycles. The first-order valence-electron chi connectivity index (χ1n) is 3.67. The summed E-state index contributed by atoms with van der Waals surface area (Å²) >= 11 is 0. The van der Waals surface area contributed by atoms with E-state index in [2.05, 4.69) is 11.8 Å². The van der Waals surface area contributed by atoms with Gasteiger partial charge in [0.05, 0.1) is 0 Å². The van der Waals surface area contributed by atoms with E-state index in [0.717, 1.165) is 25.7 Å². The van der Waals surface area contributed by atoms with Crippen molar-refractivity contribution in [3.8, 4) is 11.8 Å². The van der Waals surface area contributed by atoms with Gasteiger partial charge in [0, 0.05) is 6.42 Å². The normalized spacial score (nSPS) is 7.73. The Bertz CT molecular complexity index is 179. The van der Waals surface area contributed by atoms with Gasteiger partial charge in [0.15, 0.2) is 0 Å². The molecule has 0 unspecified atom stereocenters. The zero-order valence-electron chi connectivity index (χ0n) is 6.47. The summed E-state index contributed by atoms with van der Waals surface area (Å²) in [7, 11) is 0. The molecule has 0 aliphatic carbocycles. The zero-order valence-corrected chi connectivity index (χ0v) is 6.47. The Labute approximate surface area is 66.9 Å². The minimum Gasteiger partial charge on any atom is -0.384 e. The third-order valence-corrected chi connectivity index (χ3v) is 1.19. The lowest BCUT2D eigenvalue weighted by Crippen LogP contribution is -1.75. The highest BCUT2D eigenvalue weighted by Crippen LogP contribution is 1.97. The van der Waals surface area contributed by atoms with Crippen molar-refractivity contribution >= 4 is 5.94 Å². The largest absolute Gasteiger partial charge is 0.384 e. The number of rotatable bonds is 4. The van der Waals surface area contributed by atoms with Gasteiger partial charge in [0.1, 0.15) is 12.5 Å². The molecule has 0 radical (unpaired) electrons. The summed E-state index contributed by atoms with van der Waals surface area (Å²) in [6, 6.07) is 0. The van der Waals surface area contributed by atoms with Gasteiger partial charge in [-0.3, -0.25) is 0 Å². The molecule has 0 spiro atoms. The number of hydrogen-bond donors (Lipinski definition) is 1. The highest BCUT2D eigenvalue weighted by atomic mass is 16.2. The van der Waals surface area contributed by atoms with Gasteiger partial charge in [0.25, 0.3) is 0 Å². The molecule has 0 heterocycles. The number of aliphatic hydroxyl groups is 1. The van der Waals surface area contributed by atoms with Gasteiger partial charge < -0.3 is 5.11 Å². The van der Waals surface area contributed by atoms with Gasteiger partial charge in [0.2, 0.25) is 0 Å².